The van der Waals surface area contributed by atoms with Crippen molar-refractivity contribution in [3.05, 3.63) is 59.9 Å². The summed E-state index contributed by atoms with van der Waals surface area (Å²) in [5.74, 6) is -0.634. The standard InChI is InChI=1S/C21H24FN3O3S/c1-3-25(15(2)26)12-16-5-4-6-19(11-16)24-21(28)14-29-13-20(27)23-18-9-7-17(22)8-10-18/h4-11H,3,12-14H2,1-2H3,(H,23,27)(H,24,28). The molecule has 0 aliphatic rings. The van der Waals surface area contributed by atoms with E-state index >= 15 is 0 Å². The molecule has 2 N–H and O–H groups in total. The molecule has 2 aromatic rings. The van der Waals surface area contributed by atoms with Crippen molar-refractivity contribution in [3.63, 3.8) is 0 Å². The van der Waals surface area contributed by atoms with Crippen molar-refractivity contribution in [2.24, 2.45) is 0 Å². The Hall–Kier alpha value is -2.87. The molecule has 3 amide bonds. The van der Waals surface area contributed by atoms with E-state index in [1.54, 1.807) is 11.0 Å². The van der Waals surface area contributed by atoms with E-state index in [4.69, 9.17) is 0 Å². The highest BCUT2D eigenvalue weighted by atomic mass is 32.2. The van der Waals surface area contributed by atoms with Crippen LogP contribution in [0.5, 0.6) is 0 Å². The summed E-state index contributed by atoms with van der Waals surface area (Å²) >= 11 is 1.18. The van der Waals surface area contributed by atoms with Crippen LogP contribution in [0.25, 0.3) is 0 Å². The molecular weight excluding hydrogens is 393 g/mol. The average Bonchev–Trinajstić information content (AvgIpc) is 2.68. The topological polar surface area (TPSA) is 78.5 Å². The van der Waals surface area contributed by atoms with Crippen LogP contribution < -0.4 is 10.6 Å². The fourth-order valence-electron chi connectivity index (χ4n) is 2.58. The third kappa shape index (κ3) is 7.95. The van der Waals surface area contributed by atoms with Crippen LogP contribution in [-0.4, -0.2) is 40.7 Å². The van der Waals surface area contributed by atoms with E-state index in [0.29, 0.717) is 24.5 Å². The molecule has 6 nitrogen and oxygen atoms in total. The molecule has 0 aliphatic heterocycles. The number of carbonyl (C=O) groups excluding carboxylic acids is 3. The molecule has 8 heteroatoms. The number of hydrogen-bond donors (Lipinski definition) is 2. The molecule has 154 valence electrons. The fraction of sp³-hybridized carbons (Fsp3) is 0.286. The summed E-state index contributed by atoms with van der Waals surface area (Å²) in [6.07, 6.45) is 0. The van der Waals surface area contributed by atoms with Crippen molar-refractivity contribution >= 4 is 40.9 Å². The smallest absolute Gasteiger partial charge is 0.234 e. The van der Waals surface area contributed by atoms with E-state index in [1.807, 2.05) is 25.1 Å². The number of rotatable bonds is 9. The minimum absolute atomic E-state index is 0.00254. The summed E-state index contributed by atoms with van der Waals surface area (Å²) in [5.41, 5.74) is 2.07. The highest BCUT2D eigenvalue weighted by Crippen LogP contribution is 2.14. The van der Waals surface area contributed by atoms with E-state index in [9.17, 15) is 18.8 Å². The quantitative estimate of drug-likeness (QED) is 0.655. The maximum Gasteiger partial charge on any atom is 0.234 e. The number of nitrogens with zero attached hydrogens (tertiary/aromatic N) is 1. The lowest BCUT2D eigenvalue weighted by Crippen LogP contribution is -2.27. The van der Waals surface area contributed by atoms with Crippen molar-refractivity contribution in [3.8, 4) is 0 Å². The summed E-state index contributed by atoms with van der Waals surface area (Å²) < 4.78 is 12.9. The molecule has 2 rings (SSSR count). The number of amides is 3. The molecule has 2 aromatic carbocycles. The van der Waals surface area contributed by atoms with Gasteiger partial charge >= 0.3 is 0 Å². The molecular formula is C21H24FN3O3S. The Morgan fingerprint density at radius 1 is 0.966 bits per heavy atom. The third-order valence-electron chi connectivity index (χ3n) is 4.01. The Balaban J connectivity index is 1.77. The molecule has 29 heavy (non-hydrogen) atoms. The van der Waals surface area contributed by atoms with Gasteiger partial charge in [-0.05, 0) is 48.9 Å². The maximum atomic E-state index is 12.9. The highest BCUT2D eigenvalue weighted by molar-refractivity contribution is 8.00. The molecule has 0 radical (unpaired) electrons. The van der Waals surface area contributed by atoms with Crippen molar-refractivity contribution in [2.45, 2.75) is 20.4 Å². The Bertz CT molecular complexity index is 859. The lowest BCUT2D eigenvalue weighted by Gasteiger charge is -2.19. The third-order valence-corrected chi connectivity index (χ3v) is 4.94. The van der Waals surface area contributed by atoms with E-state index < -0.39 is 0 Å². The molecule has 0 heterocycles. The van der Waals surface area contributed by atoms with Gasteiger partial charge in [0.2, 0.25) is 17.7 Å². The molecule has 0 aromatic heterocycles. The number of carbonyl (C=O) groups is 3. The number of nitrogens with one attached hydrogen (secondary N) is 2. The van der Waals surface area contributed by atoms with Gasteiger partial charge in [0.25, 0.3) is 0 Å². The molecule has 0 atom stereocenters. The van der Waals surface area contributed by atoms with E-state index in [1.165, 1.54) is 43.0 Å². The SMILES string of the molecule is CCN(Cc1cccc(NC(=O)CSCC(=O)Nc2ccc(F)cc2)c1)C(C)=O. The van der Waals surface area contributed by atoms with Crippen molar-refractivity contribution in [1.29, 1.82) is 0 Å². The van der Waals surface area contributed by atoms with Crippen LogP contribution in [0.4, 0.5) is 15.8 Å². The van der Waals surface area contributed by atoms with Gasteiger partial charge in [-0.25, -0.2) is 4.39 Å². The van der Waals surface area contributed by atoms with Crippen LogP contribution in [-0.2, 0) is 20.9 Å². The molecule has 0 saturated carbocycles. The zero-order chi connectivity index (χ0) is 21.2. The Morgan fingerprint density at radius 2 is 1.59 bits per heavy atom. The lowest BCUT2D eigenvalue weighted by molar-refractivity contribution is -0.129. The second-order valence-corrected chi connectivity index (χ2v) is 7.32. The largest absolute Gasteiger partial charge is 0.339 e. The number of hydrogen-bond acceptors (Lipinski definition) is 4. The van der Waals surface area contributed by atoms with Gasteiger partial charge in [-0.2, -0.15) is 0 Å². The minimum atomic E-state index is -0.373. The summed E-state index contributed by atoms with van der Waals surface area (Å²) in [6, 6.07) is 12.8. The van der Waals surface area contributed by atoms with E-state index in [0.717, 1.165) is 5.56 Å². The van der Waals surface area contributed by atoms with E-state index in [2.05, 4.69) is 10.6 Å². The van der Waals surface area contributed by atoms with Crippen molar-refractivity contribution in [2.75, 3.05) is 28.7 Å². The first-order valence-corrected chi connectivity index (χ1v) is 10.3. The zero-order valence-corrected chi connectivity index (χ0v) is 17.2. The predicted molar refractivity (Wildman–Crippen MR) is 114 cm³/mol. The van der Waals surface area contributed by atoms with Gasteiger partial charge in [-0.3, -0.25) is 14.4 Å². The summed E-state index contributed by atoms with van der Waals surface area (Å²) in [5, 5.41) is 5.44. The summed E-state index contributed by atoms with van der Waals surface area (Å²) in [7, 11) is 0. The van der Waals surface area contributed by atoms with Crippen LogP contribution in [0.3, 0.4) is 0 Å². The van der Waals surface area contributed by atoms with Crippen LogP contribution in [0.15, 0.2) is 48.5 Å². The van der Waals surface area contributed by atoms with Crippen molar-refractivity contribution in [1.82, 2.24) is 4.90 Å². The first kappa shape index (κ1) is 22.4. The van der Waals surface area contributed by atoms with Crippen molar-refractivity contribution < 1.29 is 18.8 Å². The van der Waals surface area contributed by atoms with Crippen LogP contribution >= 0.6 is 11.8 Å². The first-order valence-electron chi connectivity index (χ1n) is 9.15. The molecule has 0 fully saturated rings. The molecule has 0 unspecified atom stereocenters. The second-order valence-electron chi connectivity index (χ2n) is 6.33. The number of halogens is 1. The molecule has 0 spiro atoms. The van der Waals surface area contributed by atoms with Gasteiger partial charge in [-0.1, -0.05) is 12.1 Å². The summed E-state index contributed by atoms with van der Waals surface area (Å²) in [4.78, 5) is 37.3. The van der Waals surface area contributed by atoms with Gasteiger partial charge in [0.05, 0.1) is 11.5 Å². The first-order chi connectivity index (χ1) is 13.9. The van der Waals surface area contributed by atoms with Gasteiger partial charge < -0.3 is 15.5 Å². The molecule has 0 saturated heterocycles. The van der Waals surface area contributed by atoms with Crippen LogP contribution in [0.1, 0.15) is 19.4 Å². The highest BCUT2D eigenvalue weighted by Gasteiger charge is 2.09. The van der Waals surface area contributed by atoms with Crippen LogP contribution in [0.2, 0.25) is 0 Å². The molecule has 0 aliphatic carbocycles. The maximum absolute atomic E-state index is 12.9. The summed E-state index contributed by atoms with van der Waals surface area (Å²) in [6.45, 7) is 4.53. The van der Waals surface area contributed by atoms with E-state index in [-0.39, 0.29) is 35.0 Å². The molecule has 0 bridgehead atoms. The minimum Gasteiger partial charge on any atom is -0.339 e. The number of benzene rings is 2. The Kier molecular flexibility index (Phi) is 8.67. The Morgan fingerprint density at radius 3 is 2.17 bits per heavy atom. The lowest BCUT2D eigenvalue weighted by atomic mass is 10.2. The zero-order valence-electron chi connectivity index (χ0n) is 16.4. The Labute approximate surface area is 173 Å². The van der Waals surface area contributed by atoms with Crippen LogP contribution in [0, 0.1) is 5.82 Å². The number of thioether (sulfide) groups is 1. The normalized spacial score (nSPS) is 10.3. The monoisotopic (exact) mass is 417 g/mol. The average molecular weight is 418 g/mol. The van der Waals surface area contributed by atoms with Gasteiger partial charge in [0.1, 0.15) is 5.82 Å². The van der Waals surface area contributed by atoms with Gasteiger partial charge in [0, 0.05) is 31.4 Å². The fourth-order valence-corrected chi connectivity index (χ4v) is 3.19. The predicted octanol–water partition coefficient (Wildman–Crippen LogP) is 3.50. The second kappa shape index (κ2) is 11.2. The van der Waals surface area contributed by atoms with Gasteiger partial charge in [0.15, 0.2) is 0 Å². The number of anilines is 2. The van der Waals surface area contributed by atoms with Gasteiger partial charge in [-0.15, -0.1) is 11.8 Å².